The number of nitro benzene ring substituents is 1. The van der Waals surface area contributed by atoms with Crippen molar-refractivity contribution in [2.45, 2.75) is 42.4 Å². The number of carboxylic acids is 1. The van der Waals surface area contributed by atoms with Crippen molar-refractivity contribution in [3.05, 3.63) is 34.4 Å². The Hall–Kier alpha value is -2.09. The molecule has 1 aromatic rings. The van der Waals surface area contributed by atoms with Crippen molar-refractivity contribution in [1.29, 1.82) is 0 Å². The maximum Gasteiger partial charge on any atom is 0.306 e. The molecule has 2 rings (SSSR count). The summed E-state index contributed by atoms with van der Waals surface area (Å²) >= 11 is 1.31. The summed E-state index contributed by atoms with van der Waals surface area (Å²) in [4.78, 5) is 34.0. The number of aliphatic carboxylic acids is 1. The van der Waals surface area contributed by atoms with Crippen LogP contribution >= 0.6 is 11.8 Å². The van der Waals surface area contributed by atoms with Crippen molar-refractivity contribution >= 4 is 29.3 Å². The Balaban J connectivity index is 1.85. The van der Waals surface area contributed by atoms with Crippen molar-refractivity contribution in [2.24, 2.45) is 5.92 Å². The minimum Gasteiger partial charge on any atom is -0.481 e. The zero-order chi connectivity index (χ0) is 17.0. The van der Waals surface area contributed by atoms with Gasteiger partial charge in [-0.1, -0.05) is 0 Å². The molecule has 0 aromatic heterocycles. The van der Waals surface area contributed by atoms with Crippen LogP contribution in [0.25, 0.3) is 0 Å². The van der Waals surface area contributed by atoms with E-state index < -0.39 is 10.9 Å². The number of hydrogen-bond acceptors (Lipinski definition) is 5. The predicted molar refractivity (Wildman–Crippen MR) is 85.3 cm³/mol. The number of rotatable bonds is 6. The van der Waals surface area contributed by atoms with Crippen LogP contribution in [-0.2, 0) is 9.59 Å². The molecule has 1 amide bonds. The van der Waals surface area contributed by atoms with Crippen LogP contribution in [0, 0.1) is 16.0 Å². The normalized spacial score (nSPS) is 21.6. The average molecular weight is 338 g/mol. The van der Waals surface area contributed by atoms with Gasteiger partial charge in [0.1, 0.15) is 0 Å². The molecule has 1 unspecified atom stereocenters. The Morgan fingerprint density at radius 3 is 2.52 bits per heavy atom. The molecule has 1 aliphatic carbocycles. The Kier molecular flexibility index (Phi) is 5.59. The number of carbonyl (C=O) groups excluding carboxylic acids is 1. The second kappa shape index (κ2) is 7.45. The van der Waals surface area contributed by atoms with E-state index in [0.717, 1.165) is 4.90 Å². The highest BCUT2D eigenvalue weighted by Gasteiger charge is 2.31. The van der Waals surface area contributed by atoms with Crippen molar-refractivity contribution in [1.82, 2.24) is 5.32 Å². The lowest BCUT2D eigenvalue weighted by Crippen LogP contribution is -2.38. The van der Waals surface area contributed by atoms with E-state index in [2.05, 4.69) is 5.32 Å². The number of thioether (sulfide) groups is 1. The molecule has 124 valence electrons. The number of nitrogens with one attached hydrogen (secondary N) is 1. The molecule has 1 aromatic carbocycles. The van der Waals surface area contributed by atoms with Crippen molar-refractivity contribution < 1.29 is 19.6 Å². The molecule has 3 atom stereocenters. The quantitative estimate of drug-likeness (QED) is 0.468. The van der Waals surface area contributed by atoms with Gasteiger partial charge in [-0.15, -0.1) is 11.8 Å². The van der Waals surface area contributed by atoms with Crippen LogP contribution in [0.3, 0.4) is 0 Å². The number of nitrogens with zero attached hydrogens (tertiary/aromatic N) is 1. The van der Waals surface area contributed by atoms with Crippen LogP contribution < -0.4 is 5.32 Å². The summed E-state index contributed by atoms with van der Waals surface area (Å²) in [6.45, 7) is 1.76. The van der Waals surface area contributed by atoms with Gasteiger partial charge in [0.05, 0.1) is 16.1 Å². The fourth-order valence-corrected chi connectivity index (χ4v) is 3.44. The first-order chi connectivity index (χ1) is 10.9. The van der Waals surface area contributed by atoms with Crippen LogP contribution in [0.15, 0.2) is 29.2 Å². The molecule has 0 radical (unpaired) electrons. The third-order valence-corrected chi connectivity index (χ3v) is 4.97. The molecule has 0 saturated heterocycles. The lowest BCUT2D eigenvalue weighted by Gasteiger charge is -2.16. The maximum atomic E-state index is 12.2. The highest BCUT2D eigenvalue weighted by molar-refractivity contribution is 8.00. The Morgan fingerprint density at radius 2 is 2.00 bits per heavy atom. The summed E-state index contributed by atoms with van der Waals surface area (Å²) in [5, 5.41) is 22.1. The van der Waals surface area contributed by atoms with E-state index in [1.165, 1.54) is 23.9 Å². The summed E-state index contributed by atoms with van der Waals surface area (Å²) in [5.41, 5.74) is 0.0112. The van der Waals surface area contributed by atoms with Gasteiger partial charge in [-0.25, -0.2) is 0 Å². The van der Waals surface area contributed by atoms with Crippen LogP contribution in [0.1, 0.15) is 26.2 Å². The first-order valence-corrected chi connectivity index (χ1v) is 8.19. The predicted octanol–water partition coefficient (Wildman–Crippen LogP) is 2.44. The van der Waals surface area contributed by atoms with Crippen molar-refractivity contribution in [3.63, 3.8) is 0 Å². The van der Waals surface area contributed by atoms with Crippen molar-refractivity contribution in [2.75, 3.05) is 0 Å². The second-order valence-corrected chi connectivity index (χ2v) is 6.98. The van der Waals surface area contributed by atoms with Crippen LogP contribution in [0.2, 0.25) is 0 Å². The second-order valence-electron chi connectivity index (χ2n) is 5.56. The van der Waals surface area contributed by atoms with Gasteiger partial charge in [0, 0.05) is 23.1 Å². The van der Waals surface area contributed by atoms with E-state index in [1.54, 1.807) is 19.1 Å². The molecule has 1 fully saturated rings. The molecule has 0 aliphatic heterocycles. The Bertz CT molecular complexity index is 604. The fraction of sp³-hybridized carbons (Fsp3) is 0.467. The summed E-state index contributed by atoms with van der Waals surface area (Å²) in [5.74, 6) is -1.34. The molecule has 2 N–H and O–H groups in total. The van der Waals surface area contributed by atoms with Crippen LogP contribution in [-0.4, -0.2) is 33.2 Å². The first kappa shape index (κ1) is 17.3. The molecule has 23 heavy (non-hydrogen) atoms. The van der Waals surface area contributed by atoms with Gasteiger partial charge in [-0.2, -0.15) is 0 Å². The van der Waals surface area contributed by atoms with Gasteiger partial charge in [0.25, 0.3) is 5.69 Å². The molecule has 8 heteroatoms. The highest BCUT2D eigenvalue weighted by atomic mass is 32.2. The van der Waals surface area contributed by atoms with E-state index in [1.807, 2.05) is 0 Å². The smallest absolute Gasteiger partial charge is 0.306 e. The van der Waals surface area contributed by atoms with Gasteiger partial charge in [0.2, 0.25) is 5.91 Å². The Morgan fingerprint density at radius 1 is 1.35 bits per heavy atom. The topological polar surface area (TPSA) is 110 Å². The van der Waals surface area contributed by atoms with Gasteiger partial charge >= 0.3 is 5.97 Å². The Labute approximate surface area is 137 Å². The fourth-order valence-electron chi connectivity index (χ4n) is 2.56. The summed E-state index contributed by atoms with van der Waals surface area (Å²) < 4.78 is 0. The largest absolute Gasteiger partial charge is 0.481 e. The third-order valence-electron chi connectivity index (χ3n) is 3.86. The van der Waals surface area contributed by atoms with Gasteiger partial charge in [0.15, 0.2) is 0 Å². The van der Waals surface area contributed by atoms with E-state index in [4.69, 9.17) is 5.11 Å². The standard InChI is InChI=1S/C15H18N2O5S/c1-9(23-13-6-4-12(5-7-13)17(21)22)14(18)16-11-3-2-10(8-11)15(19)20/h4-7,9-11H,2-3,8H2,1H3,(H,16,18)(H,19,20)/t9?,10-,11+/m0/s1. The minimum atomic E-state index is -0.810. The van der Waals surface area contributed by atoms with E-state index in [0.29, 0.717) is 19.3 Å². The average Bonchev–Trinajstić information content (AvgIpc) is 2.96. The third kappa shape index (κ3) is 4.69. The number of amides is 1. The van der Waals surface area contributed by atoms with E-state index in [9.17, 15) is 19.7 Å². The molecule has 0 spiro atoms. The number of non-ortho nitro benzene ring substituents is 1. The zero-order valence-electron chi connectivity index (χ0n) is 12.6. The molecule has 0 bridgehead atoms. The molecule has 7 nitrogen and oxygen atoms in total. The summed E-state index contributed by atoms with van der Waals surface area (Å²) in [6, 6.07) is 5.94. The van der Waals surface area contributed by atoms with Gasteiger partial charge in [-0.3, -0.25) is 19.7 Å². The van der Waals surface area contributed by atoms with Crippen LogP contribution in [0.4, 0.5) is 5.69 Å². The number of carboxylic acid groups (broad SMARTS) is 1. The monoisotopic (exact) mass is 338 g/mol. The highest BCUT2D eigenvalue weighted by Crippen LogP contribution is 2.28. The van der Waals surface area contributed by atoms with Crippen LogP contribution in [0.5, 0.6) is 0 Å². The first-order valence-electron chi connectivity index (χ1n) is 7.31. The summed E-state index contributed by atoms with van der Waals surface area (Å²) in [6.07, 6.45) is 1.73. The molecule has 1 saturated carbocycles. The molecular formula is C15H18N2O5S. The van der Waals surface area contributed by atoms with Gasteiger partial charge < -0.3 is 10.4 Å². The molecule has 1 aliphatic rings. The SMILES string of the molecule is CC(Sc1ccc([N+](=O)[O-])cc1)C(=O)N[C@@H]1CC[C@H](C(=O)O)C1. The van der Waals surface area contributed by atoms with E-state index >= 15 is 0 Å². The van der Waals surface area contributed by atoms with Crippen molar-refractivity contribution in [3.8, 4) is 0 Å². The minimum absolute atomic E-state index is 0.0112. The number of carbonyl (C=O) groups is 2. The lowest BCUT2D eigenvalue weighted by molar-refractivity contribution is -0.384. The molecular weight excluding hydrogens is 320 g/mol. The summed E-state index contributed by atoms with van der Waals surface area (Å²) in [7, 11) is 0. The molecule has 0 heterocycles. The number of benzene rings is 1. The van der Waals surface area contributed by atoms with E-state index in [-0.39, 0.29) is 28.8 Å². The maximum absolute atomic E-state index is 12.2. The zero-order valence-corrected chi connectivity index (χ0v) is 13.4. The number of hydrogen-bond donors (Lipinski definition) is 2. The van der Waals surface area contributed by atoms with Gasteiger partial charge in [-0.05, 0) is 38.3 Å². The lowest BCUT2D eigenvalue weighted by atomic mass is 10.1. The number of nitro groups is 1.